The molecule has 1 N–H and O–H groups in total. The van der Waals surface area contributed by atoms with Gasteiger partial charge < -0.3 is 15.0 Å². The molecule has 1 heterocycles. The van der Waals surface area contributed by atoms with Crippen molar-refractivity contribution in [3.63, 3.8) is 0 Å². The summed E-state index contributed by atoms with van der Waals surface area (Å²) >= 11 is 0. The third kappa shape index (κ3) is 3.28. The van der Waals surface area contributed by atoms with E-state index in [1.807, 2.05) is 26.0 Å². The van der Waals surface area contributed by atoms with Crippen LogP contribution in [0.15, 0.2) is 18.3 Å². The van der Waals surface area contributed by atoms with E-state index in [0.717, 1.165) is 18.5 Å². The molecule has 1 aromatic rings. The van der Waals surface area contributed by atoms with Gasteiger partial charge in [0.25, 0.3) is 5.91 Å². The van der Waals surface area contributed by atoms with Crippen LogP contribution in [0.25, 0.3) is 0 Å². The van der Waals surface area contributed by atoms with Gasteiger partial charge in [-0.2, -0.15) is 0 Å². The Bertz CT molecular complexity index is 454. The van der Waals surface area contributed by atoms with Gasteiger partial charge in [0.15, 0.2) is 0 Å². The van der Waals surface area contributed by atoms with Gasteiger partial charge in [0.1, 0.15) is 5.69 Å². The SMILES string of the molecule is CCN(CC)C(=O)c1cc(NC2CC(OC)C2)ccn1. The molecule has 0 aliphatic heterocycles. The van der Waals surface area contributed by atoms with E-state index in [2.05, 4.69) is 10.3 Å². The molecule has 0 unspecified atom stereocenters. The lowest BCUT2D eigenvalue weighted by Gasteiger charge is -2.35. The van der Waals surface area contributed by atoms with Crippen LogP contribution in [0.3, 0.4) is 0 Å². The summed E-state index contributed by atoms with van der Waals surface area (Å²) in [6, 6.07) is 4.17. The minimum Gasteiger partial charge on any atom is -0.382 e. The molecule has 20 heavy (non-hydrogen) atoms. The van der Waals surface area contributed by atoms with E-state index in [9.17, 15) is 4.79 Å². The second-order valence-electron chi connectivity index (χ2n) is 5.08. The number of carbonyl (C=O) groups is 1. The van der Waals surface area contributed by atoms with Crippen molar-refractivity contribution in [2.24, 2.45) is 0 Å². The zero-order valence-electron chi connectivity index (χ0n) is 12.4. The van der Waals surface area contributed by atoms with Gasteiger partial charge in [0.05, 0.1) is 6.10 Å². The van der Waals surface area contributed by atoms with Crippen molar-refractivity contribution in [2.45, 2.75) is 38.8 Å². The fourth-order valence-corrected chi connectivity index (χ4v) is 2.42. The van der Waals surface area contributed by atoms with E-state index in [4.69, 9.17) is 4.74 Å². The highest BCUT2D eigenvalue weighted by Crippen LogP contribution is 2.26. The molecule has 0 atom stereocenters. The highest BCUT2D eigenvalue weighted by molar-refractivity contribution is 5.93. The van der Waals surface area contributed by atoms with Crippen molar-refractivity contribution in [1.82, 2.24) is 9.88 Å². The number of aromatic nitrogens is 1. The molecule has 2 rings (SSSR count). The van der Waals surface area contributed by atoms with E-state index >= 15 is 0 Å². The Kier molecular flexibility index (Phi) is 4.95. The Morgan fingerprint density at radius 1 is 1.45 bits per heavy atom. The molecular formula is C15H23N3O2. The second-order valence-corrected chi connectivity index (χ2v) is 5.08. The largest absolute Gasteiger partial charge is 0.382 e. The van der Waals surface area contributed by atoms with Gasteiger partial charge in [-0.1, -0.05) is 0 Å². The van der Waals surface area contributed by atoms with Gasteiger partial charge in [-0.25, -0.2) is 0 Å². The van der Waals surface area contributed by atoms with Crippen molar-refractivity contribution >= 4 is 11.6 Å². The maximum absolute atomic E-state index is 12.2. The Labute approximate surface area is 120 Å². The first-order valence-corrected chi connectivity index (χ1v) is 7.22. The Morgan fingerprint density at radius 3 is 2.75 bits per heavy atom. The number of nitrogens with one attached hydrogen (secondary N) is 1. The summed E-state index contributed by atoms with van der Waals surface area (Å²) in [6.07, 6.45) is 4.08. The van der Waals surface area contributed by atoms with Gasteiger partial charge >= 0.3 is 0 Å². The number of ether oxygens (including phenoxy) is 1. The maximum atomic E-state index is 12.2. The highest BCUT2D eigenvalue weighted by atomic mass is 16.5. The van der Waals surface area contributed by atoms with Crippen molar-refractivity contribution in [2.75, 3.05) is 25.5 Å². The van der Waals surface area contributed by atoms with Gasteiger partial charge in [-0.3, -0.25) is 9.78 Å². The predicted octanol–water partition coefficient (Wildman–Crippen LogP) is 2.15. The number of anilines is 1. The van der Waals surface area contributed by atoms with Crippen LogP contribution >= 0.6 is 0 Å². The summed E-state index contributed by atoms with van der Waals surface area (Å²) in [5, 5.41) is 3.42. The first-order valence-electron chi connectivity index (χ1n) is 7.22. The quantitative estimate of drug-likeness (QED) is 0.865. The molecule has 0 radical (unpaired) electrons. The monoisotopic (exact) mass is 277 g/mol. The number of hydrogen-bond donors (Lipinski definition) is 1. The number of pyridine rings is 1. The third-order valence-corrected chi connectivity index (χ3v) is 3.83. The van der Waals surface area contributed by atoms with Gasteiger partial charge in [-0.15, -0.1) is 0 Å². The summed E-state index contributed by atoms with van der Waals surface area (Å²) in [5.41, 5.74) is 1.45. The van der Waals surface area contributed by atoms with Crippen LogP contribution < -0.4 is 5.32 Å². The van der Waals surface area contributed by atoms with Crippen molar-refractivity contribution in [1.29, 1.82) is 0 Å². The third-order valence-electron chi connectivity index (χ3n) is 3.83. The van der Waals surface area contributed by atoms with Gasteiger partial charge in [0.2, 0.25) is 0 Å². The number of rotatable bonds is 6. The standard InChI is InChI=1S/C15H23N3O2/c1-4-18(5-2)15(19)14-10-11(6-7-16-14)17-12-8-13(9-12)20-3/h6-7,10,12-13H,4-5,8-9H2,1-3H3,(H,16,17). The first kappa shape index (κ1) is 14.8. The number of carbonyl (C=O) groups excluding carboxylic acids is 1. The molecule has 5 heteroatoms. The van der Waals surface area contributed by atoms with Crippen molar-refractivity contribution in [3.8, 4) is 0 Å². The summed E-state index contributed by atoms with van der Waals surface area (Å²) in [6.45, 7) is 5.35. The smallest absolute Gasteiger partial charge is 0.272 e. The van der Waals surface area contributed by atoms with E-state index < -0.39 is 0 Å². The van der Waals surface area contributed by atoms with Crippen LogP contribution in [0.4, 0.5) is 5.69 Å². The van der Waals surface area contributed by atoms with Crippen molar-refractivity contribution < 1.29 is 9.53 Å². The molecular weight excluding hydrogens is 254 g/mol. The fraction of sp³-hybridized carbons (Fsp3) is 0.600. The first-order chi connectivity index (χ1) is 9.67. The van der Waals surface area contributed by atoms with Crippen LogP contribution in [-0.4, -0.2) is 48.1 Å². The Balaban J connectivity index is 1.99. The molecule has 1 saturated carbocycles. The molecule has 1 aliphatic rings. The zero-order chi connectivity index (χ0) is 14.5. The molecule has 1 aliphatic carbocycles. The lowest BCUT2D eigenvalue weighted by Crippen LogP contribution is -2.40. The average Bonchev–Trinajstić information content (AvgIpc) is 2.44. The van der Waals surface area contributed by atoms with E-state index in [1.54, 1.807) is 18.2 Å². The predicted molar refractivity (Wildman–Crippen MR) is 78.9 cm³/mol. The molecule has 0 bridgehead atoms. The number of amides is 1. The zero-order valence-corrected chi connectivity index (χ0v) is 12.4. The summed E-state index contributed by atoms with van der Waals surface area (Å²) in [7, 11) is 1.74. The van der Waals surface area contributed by atoms with Crippen LogP contribution in [-0.2, 0) is 4.74 Å². The van der Waals surface area contributed by atoms with E-state index in [-0.39, 0.29) is 5.91 Å². The number of methoxy groups -OCH3 is 1. The lowest BCUT2D eigenvalue weighted by molar-refractivity contribution is 0.0328. The highest BCUT2D eigenvalue weighted by Gasteiger charge is 2.28. The van der Waals surface area contributed by atoms with Gasteiger partial charge in [0, 0.05) is 38.1 Å². The molecule has 1 amide bonds. The number of nitrogens with zero attached hydrogens (tertiary/aromatic N) is 2. The van der Waals surface area contributed by atoms with E-state index in [1.165, 1.54) is 0 Å². The van der Waals surface area contributed by atoms with Crippen LogP contribution in [0.1, 0.15) is 37.2 Å². The van der Waals surface area contributed by atoms with Gasteiger partial charge in [-0.05, 0) is 38.8 Å². The molecule has 1 fully saturated rings. The van der Waals surface area contributed by atoms with Crippen molar-refractivity contribution in [3.05, 3.63) is 24.0 Å². The van der Waals surface area contributed by atoms with Crippen LogP contribution in [0.5, 0.6) is 0 Å². The summed E-state index contributed by atoms with van der Waals surface area (Å²) in [5.74, 6) is -0.0120. The minimum absolute atomic E-state index is 0.0120. The Hall–Kier alpha value is -1.62. The van der Waals surface area contributed by atoms with Crippen LogP contribution in [0.2, 0.25) is 0 Å². The Morgan fingerprint density at radius 2 is 2.15 bits per heavy atom. The summed E-state index contributed by atoms with van der Waals surface area (Å²) in [4.78, 5) is 18.2. The topological polar surface area (TPSA) is 54.5 Å². The number of hydrogen-bond acceptors (Lipinski definition) is 4. The summed E-state index contributed by atoms with van der Waals surface area (Å²) < 4.78 is 5.26. The molecule has 1 aromatic heterocycles. The fourth-order valence-electron chi connectivity index (χ4n) is 2.42. The maximum Gasteiger partial charge on any atom is 0.272 e. The lowest BCUT2D eigenvalue weighted by atomic mass is 9.89. The normalized spacial score (nSPS) is 21.1. The second kappa shape index (κ2) is 6.70. The molecule has 0 spiro atoms. The average molecular weight is 277 g/mol. The molecule has 5 nitrogen and oxygen atoms in total. The minimum atomic E-state index is -0.0120. The van der Waals surface area contributed by atoms with Crippen LogP contribution in [0, 0.1) is 0 Å². The van der Waals surface area contributed by atoms with E-state index in [0.29, 0.717) is 30.9 Å². The molecule has 0 saturated heterocycles. The molecule has 110 valence electrons. The molecule has 0 aromatic carbocycles.